The van der Waals surface area contributed by atoms with E-state index in [1.807, 2.05) is 0 Å². The van der Waals surface area contributed by atoms with Gasteiger partial charge in [-0.25, -0.2) is 8.78 Å². The van der Waals surface area contributed by atoms with E-state index in [2.05, 4.69) is 19.2 Å². The van der Waals surface area contributed by atoms with Crippen LogP contribution in [0.15, 0.2) is 18.2 Å². The van der Waals surface area contributed by atoms with Crippen molar-refractivity contribution in [2.45, 2.75) is 45.7 Å². The van der Waals surface area contributed by atoms with Crippen molar-refractivity contribution in [1.82, 2.24) is 5.32 Å². The fourth-order valence-electron chi connectivity index (χ4n) is 2.62. The third-order valence-corrected chi connectivity index (χ3v) is 3.80. The summed E-state index contributed by atoms with van der Waals surface area (Å²) >= 11 is 0. The topological polar surface area (TPSA) is 12.0 Å². The molecule has 1 N–H and O–H groups in total. The van der Waals surface area contributed by atoms with Crippen LogP contribution in [0.25, 0.3) is 0 Å². The summed E-state index contributed by atoms with van der Waals surface area (Å²) in [5.74, 6) is -0.719. The van der Waals surface area contributed by atoms with Crippen LogP contribution in [-0.2, 0) is 6.54 Å². The molecule has 2 rings (SSSR count). The molecule has 0 bridgehead atoms. The molecule has 0 spiro atoms. The maximum atomic E-state index is 13.4. The SMILES string of the molecule is CC1(C)CCCC1NCc1cc(F)ccc1F. The number of benzene rings is 1. The van der Waals surface area contributed by atoms with Crippen molar-refractivity contribution in [3.05, 3.63) is 35.4 Å². The van der Waals surface area contributed by atoms with Crippen LogP contribution in [0.1, 0.15) is 38.7 Å². The van der Waals surface area contributed by atoms with Crippen molar-refractivity contribution >= 4 is 0 Å². The first kappa shape index (κ1) is 12.5. The highest BCUT2D eigenvalue weighted by atomic mass is 19.1. The number of hydrogen-bond acceptors (Lipinski definition) is 1. The first-order valence-corrected chi connectivity index (χ1v) is 6.16. The van der Waals surface area contributed by atoms with Crippen molar-refractivity contribution in [1.29, 1.82) is 0 Å². The van der Waals surface area contributed by atoms with Gasteiger partial charge >= 0.3 is 0 Å². The van der Waals surface area contributed by atoms with E-state index >= 15 is 0 Å². The lowest BCUT2D eigenvalue weighted by atomic mass is 9.87. The van der Waals surface area contributed by atoms with E-state index in [-0.39, 0.29) is 17.0 Å². The van der Waals surface area contributed by atoms with E-state index in [4.69, 9.17) is 0 Å². The van der Waals surface area contributed by atoms with E-state index in [0.717, 1.165) is 12.5 Å². The van der Waals surface area contributed by atoms with Crippen molar-refractivity contribution in [3.8, 4) is 0 Å². The minimum absolute atomic E-state index is 0.254. The smallest absolute Gasteiger partial charge is 0.127 e. The number of halogens is 2. The molecule has 1 fully saturated rings. The Bertz CT molecular complexity index is 401. The Morgan fingerprint density at radius 3 is 2.76 bits per heavy atom. The fourth-order valence-corrected chi connectivity index (χ4v) is 2.62. The fraction of sp³-hybridized carbons (Fsp3) is 0.571. The number of rotatable bonds is 3. The monoisotopic (exact) mass is 239 g/mol. The number of hydrogen-bond donors (Lipinski definition) is 1. The summed E-state index contributed by atoms with van der Waals surface area (Å²) in [6, 6.07) is 4.00. The Morgan fingerprint density at radius 2 is 2.12 bits per heavy atom. The summed E-state index contributed by atoms with van der Waals surface area (Å²) < 4.78 is 26.4. The molecule has 1 saturated carbocycles. The summed E-state index contributed by atoms with van der Waals surface area (Å²) in [7, 11) is 0. The zero-order valence-electron chi connectivity index (χ0n) is 10.4. The van der Waals surface area contributed by atoms with Gasteiger partial charge in [0.25, 0.3) is 0 Å². The second-order valence-electron chi connectivity index (χ2n) is 5.55. The number of nitrogens with one attached hydrogen (secondary N) is 1. The zero-order chi connectivity index (χ0) is 12.5. The van der Waals surface area contributed by atoms with Crippen LogP contribution < -0.4 is 5.32 Å². The Labute approximate surface area is 101 Å². The van der Waals surface area contributed by atoms with Gasteiger partial charge in [0.05, 0.1) is 0 Å². The molecule has 17 heavy (non-hydrogen) atoms. The molecule has 1 nitrogen and oxygen atoms in total. The Kier molecular flexibility index (Phi) is 3.48. The molecule has 0 radical (unpaired) electrons. The predicted octanol–water partition coefficient (Wildman–Crippen LogP) is 3.63. The predicted molar refractivity (Wildman–Crippen MR) is 64.6 cm³/mol. The van der Waals surface area contributed by atoms with E-state index in [0.29, 0.717) is 18.2 Å². The van der Waals surface area contributed by atoms with Gasteiger partial charge in [-0.2, -0.15) is 0 Å². The highest BCUT2D eigenvalue weighted by molar-refractivity contribution is 5.18. The largest absolute Gasteiger partial charge is 0.309 e. The van der Waals surface area contributed by atoms with Gasteiger partial charge in [-0.05, 0) is 36.5 Å². The Morgan fingerprint density at radius 1 is 1.35 bits per heavy atom. The molecule has 1 aliphatic rings. The van der Waals surface area contributed by atoms with Crippen molar-refractivity contribution in [2.24, 2.45) is 5.41 Å². The average molecular weight is 239 g/mol. The molecule has 1 aliphatic carbocycles. The molecule has 1 aromatic rings. The molecule has 0 heterocycles. The van der Waals surface area contributed by atoms with Gasteiger partial charge in [0.2, 0.25) is 0 Å². The summed E-state index contributed by atoms with van der Waals surface area (Å²) in [6.07, 6.45) is 3.51. The zero-order valence-corrected chi connectivity index (χ0v) is 10.4. The van der Waals surface area contributed by atoms with Crippen molar-refractivity contribution in [3.63, 3.8) is 0 Å². The lowest BCUT2D eigenvalue weighted by molar-refractivity contribution is 0.281. The van der Waals surface area contributed by atoms with Gasteiger partial charge in [-0.15, -0.1) is 0 Å². The molecule has 1 atom stereocenters. The first-order chi connectivity index (χ1) is 7.99. The van der Waals surface area contributed by atoms with Gasteiger partial charge in [-0.3, -0.25) is 0 Å². The van der Waals surface area contributed by atoms with E-state index in [1.165, 1.54) is 25.0 Å². The molecule has 0 saturated heterocycles. The highest BCUT2D eigenvalue weighted by Gasteiger charge is 2.33. The molecule has 0 amide bonds. The van der Waals surface area contributed by atoms with Crippen LogP contribution in [0, 0.1) is 17.0 Å². The van der Waals surface area contributed by atoms with Crippen LogP contribution >= 0.6 is 0 Å². The van der Waals surface area contributed by atoms with E-state index in [9.17, 15) is 8.78 Å². The Balaban J connectivity index is 2.00. The molecule has 94 valence electrons. The minimum atomic E-state index is -0.381. The quantitative estimate of drug-likeness (QED) is 0.849. The second-order valence-corrected chi connectivity index (χ2v) is 5.55. The summed E-state index contributed by atoms with van der Waals surface area (Å²) in [5.41, 5.74) is 0.664. The van der Waals surface area contributed by atoms with E-state index in [1.54, 1.807) is 0 Å². The lowest BCUT2D eigenvalue weighted by Gasteiger charge is -2.28. The van der Waals surface area contributed by atoms with Gasteiger partial charge in [0, 0.05) is 18.2 Å². The molecular formula is C14H19F2N. The van der Waals surface area contributed by atoms with Crippen LogP contribution in [0.5, 0.6) is 0 Å². The van der Waals surface area contributed by atoms with Crippen LogP contribution in [-0.4, -0.2) is 6.04 Å². The molecule has 1 aromatic carbocycles. The normalized spacial score (nSPS) is 22.9. The van der Waals surface area contributed by atoms with Gasteiger partial charge in [0.15, 0.2) is 0 Å². The molecule has 0 aromatic heterocycles. The van der Waals surface area contributed by atoms with Crippen LogP contribution in [0.3, 0.4) is 0 Å². The first-order valence-electron chi connectivity index (χ1n) is 6.16. The van der Waals surface area contributed by atoms with Crippen LogP contribution in [0.4, 0.5) is 8.78 Å². The third-order valence-electron chi connectivity index (χ3n) is 3.80. The second kappa shape index (κ2) is 4.73. The van der Waals surface area contributed by atoms with Crippen molar-refractivity contribution < 1.29 is 8.78 Å². The standard InChI is InChI=1S/C14H19F2N/c1-14(2)7-3-4-13(14)17-9-10-8-11(15)5-6-12(10)16/h5-6,8,13,17H,3-4,7,9H2,1-2H3. The third kappa shape index (κ3) is 2.83. The Hall–Kier alpha value is -0.960. The summed E-state index contributed by atoms with van der Waals surface area (Å²) in [4.78, 5) is 0. The molecule has 1 unspecified atom stereocenters. The maximum absolute atomic E-state index is 13.4. The maximum Gasteiger partial charge on any atom is 0.127 e. The molecule has 0 aliphatic heterocycles. The van der Waals surface area contributed by atoms with Gasteiger partial charge in [0.1, 0.15) is 11.6 Å². The molecular weight excluding hydrogens is 220 g/mol. The van der Waals surface area contributed by atoms with E-state index < -0.39 is 0 Å². The summed E-state index contributed by atoms with van der Waals surface area (Å²) in [6.45, 7) is 4.84. The van der Waals surface area contributed by atoms with Gasteiger partial charge in [-0.1, -0.05) is 20.3 Å². The van der Waals surface area contributed by atoms with Crippen LogP contribution in [0.2, 0.25) is 0 Å². The average Bonchev–Trinajstić information content (AvgIpc) is 2.59. The molecule has 3 heteroatoms. The lowest BCUT2D eigenvalue weighted by Crippen LogP contribution is -2.37. The summed E-state index contributed by atoms with van der Waals surface area (Å²) in [5, 5.41) is 3.35. The van der Waals surface area contributed by atoms with Gasteiger partial charge < -0.3 is 5.32 Å². The van der Waals surface area contributed by atoms with Crippen molar-refractivity contribution in [2.75, 3.05) is 0 Å². The minimum Gasteiger partial charge on any atom is -0.309 e. The highest BCUT2D eigenvalue weighted by Crippen LogP contribution is 2.37.